The number of rotatable bonds is 16. The molecule has 2 fully saturated rings. The summed E-state index contributed by atoms with van der Waals surface area (Å²) >= 11 is 0. The third kappa shape index (κ3) is 8.58. The van der Waals surface area contributed by atoms with Crippen LogP contribution >= 0.6 is 0 Å². The van der Waals surface area contributed by atoms with Crippen molar-refractivity contribution >= 4 is 23.6 Å². The Morgan fingerprint density at radius 2 is 1.43 bits per heavy atom. The first-order chi connectivity index (χ1) is 22.1. The lowest BCUT2D eigenvalue weighted by molar-refractivity contribution is -0.134. The normalized spacial score (nSPS) is 19.5. The molecule has 46 heavy (non-hydrogen) atoms. The van der Waals surface area contributed by atoms with Crippen LogP contribution in [0.15, 0.2) is 84.9 Å². The van der Waals surface area contributed by atoms with E-state index in [1.54, 1.807) is 50.4 Å². The van der Waals surface area contributed by atoms with E-state index in [1.807, 2.05) is 48.5 Å². The maximum atomic E-state index is 14.0. The summed E-state index contributed by atoms with van der Waals surface area (Å²) in [7, 11) is 1.55. The van der Waals surface area contributed by atoms with Crippen LogP contribution in [-0.2, 0) is 43.3 Å². The van der Waals surface area contributed by atoms with Gasteiger partial charge in [0, 0.05) is 12.3 Å². The summed E-state index contributed by atoms with van der Waals surface area (Å²) in [6, 6.07) is 23.4. The molecule has 0 unspecified atom stereocenters. The molecule has 1 aliphatic carbocycles. The number of methoxy groups -OCH3 is 1. The lowest BCUT2D eigenvalue weighted by atomic mass is 9.88. The molecule has 242 valence electrons. The fourth-order valence-electron chi connectivity index (χ4n) is 5.45. The van der Waals surface area contributed by atoms with E-state index in [0.29, 0.717) is 18.6 Å². The van der Waals surface area contributed by atoms with Gasteiger partial charge in [-0.3, -0.25) is 14.4 Å². The van der Waals surface area contributed by atoms with Crippen molar-refractivity contribution in [2.75, 3.05) is 13.7 Å². The first kappa shape index (κ1) is 32.8. The predicted octanol–water partition coefficient (Wildman–Crippen LogP) is 3.72. The Balaban J connectivity index is 1.33. The number of carbonyl (C=O) groups excluding carboxylic acids is 4. The second kappa shape index (κ2) is 14.3. The van der Waals surface area contributed by atoms with Gasteiger partial charge in [0.2, 0.25) is 5.91 Å². The molecule has 10 nitrogen and oxygen atoms in total. The molecule has 3 N–H and O–H groups in total. The number of ketones is 2. The average Bonchev–Trinajstić information content (AvgIpc) is 4.01. The Kier molecular flexibility index (Phi) is 10.2. The van der Waals surface area contributed by atoms with E-state index in [9.17, 15) is 24.3 Å². The van der Waals surface area contributed by atoms with Gasteiger partial charge in [0.05, 0.1) is 25.4 Å². The van der Waals surface area contributed by atoms with Crippen molar-refractivity contribution in [2.24, 2.45) is 5.92 Å². The van der Waals surface area contributed by atoms with Crippen molar-refractivity contribution in [3.63, 3.8) is 0 Å². The summed E-state index contributed by atoms with van der Waals surface area (Å²) in [5.74, 6) is -1.51. The number of nitrogens with one attached hydrogen (secondary N) is 2. The largest absolute Gasteiger partial charge is 0.497 e. The fraction of sp³-hybridized carbons (Fsp3) is 0.389. The van der Waals surface area contributed by atoms with Crippen LogP contribution < -0.4 is 15.4 Å². The third-order valence-electron chi connectivity index (χ3n) is 8.57. The summed E-state index contributed by atoms with van der Waals surface area (Å²) in [6.07, 6.45) is -0.0573. The minimum atomic E-state index is -1.42. The Morgan fingerprint density at radius 1 is 0.848 bits per heavy atom. The van der Waals surface area contributed by atoms with Crippen LogP contribution in [0.5, 0.6) is 5.75 Å². The molecule has 2 aliphatic rings. The van der Waals surface area contributed by atoms with E-state index in [-0.39, 0.29) is 38.3 Å². The van der Waals surface area contributed by atoms with Gasteiger partial charge in [-0.1, -0.05) is 72.8 Å². The standard InChI is InChI=1S/C36H40N2O8/c1-35(23-46-35)32(40)29(20-24-9-5-3-6-10-24)37-33(41)27(19-25-13-15-28(44-2)16-14-25)21-30(39)31(36(43)17-18-36)38-34(42)45-22-26-11-7-4-8-12-26/h3-16,27,29,31,43H,17-23H2,1-2H3,(H,37,41)(H,38,42)/t27-,29+,31-,35-/m1/s1. The van der Waals surface area contributed by atoms with Crippen LogP contribution in [0.4, 0.5) is 4.79 Å². The van der Waals surface area contributed by atoms with Crippen LogP contribution in [0.2, 0.25) is 0 Å². The number of benzene rings is 3. The highest BCUT2D eigenvalue weighted by Gasteiger charge is 2.53. The van der Waals surface area contributed by atoms with Gasteiger partial charge in [0.25, 0.3) is 0 Å². The number of alkyl carbamates (subject to hydrolysis) is 1. The topological polar surface area (TPSA) is 144 Å². The number of carbonyl (C=O) groups is 4. The third-order valence-corrected chi connectivity index (χ3v) is 8.57. The second-order valence-corrected chi connectivity index (χ2v) is 12.3. The maximum absolute atomic E-state index is 14.0. The van der Waals surface area contributed by atoms with Crippen LogP contribution in [0.1, 0.15) is 42.9 Å². The van der Waals surface area contributed by atoms with Gasteiger partial charge in [-0.2, -0.15) is 0 Å². The zero-order valence-corrected chi connectivity index (χ0v) is 26.1. The Bertz CT molecular complexity index is 1520. The van der Waals surface area contributed by atoms with Crippen LogP contribution in [0, 0.1) is 5.92 Å². The number of aliphatic hydroxyl groups is 1. The van der Waals surface area contributed by atoms with Gasteiger partial charge in [-0.15, -0.1) is 0 Å². The molecule has 3 aromatic carbocycles. The molecule has 1 aliphatic heterocycles. The summed E-state index contributed by atoms with van der Waals surface area (Å²) in [6.45, 7) is 1.96. The average molecular weight is 629 g/mol. The number of hydrogen-bond donors (Lipinski definition) is 3. The highest BCUT2D eigenvalue weighted by Crippen LogP contribution is 2.40. The zero-order valence-electron chi connectivity index (χ0n) is 26.1. The molecule has 0 radical (unpaired) electrons. The van der Waals surface area contributed by atoms with E-state index < -0.39 is 47.0 Å². The van der Waals surface area contributed by atoms with Crippen molar-refractivity contribution in [3.8, 4) is 5.75 Å². The lowest BCUT2D eigenvalue weighted by Gasteiger charge is -2.26. The summed E-state index contributed by atoms with van der Waals surface area (Å²) in [4.78, 5) is 54.0. The van der Waals surface area contributed by atoms with Gasteiger partial charge >= 0.3 is 6.09 Å². The van der Waals surface area contributed by atoms with Crippen LogP contribution in [0.25, 0.3) is 0 Å². The molecular formula is C36H40N2O8. The molecule has 5 rings (SSSR count). The number of Topliss-reactive ketones (excluding diaryl/α,β-unsaturated/α-hetero) is 2. The van der Waals surface area contributed by atoms with E-state index >= 15 is 0 Å². The van der Waals surface area contributed by atoms with Crippen LogP contribution in [-0.4, -0.2) is 65.7 Å². The van der Waals surface area contributed by atoms with E-state index in [2.05, 4.69) is 10.6 Å². The fourth-order valence-corrected chi connectivity index (χ4v) is 5.45. The Hall–Kier alpha value is -4.54. The van der Waals surface area contributed by atoms with E-state index in [1.165, 1.54) is 0 Å². The molecule has 0 aromatic heterocycles. The Morgan fingerprint density at radius 3 is 2.00 bits per heavy atom. The first-order valence-corrected chi connectivity index (χ1v) is 15.5. The van der Waals surface area contributed by atoms with Gasteiger partial charge in [0.1, 0.15) is 24.0 Å². The molecule has 1 saturated carbocycles. The first-order valence-electron chi connectivity index (χ1n) is 15.5. The molecule has 10 heteroatoms. The maximum Gasteiger partial charge on any atom is 0.408 e. The van der Waals surface area contributed by atoms with Crippen molar-refractivity contribution in [3.05, 3.63) is 102 Å². The van der Waals surface area contributed by atoms with E-state index in [0.717, 1.165) is 16.7 Å². The minimum absolute atomic E-state index is 0.00597. The minimum Gasteiger partial charge on any atom is -0.497 e. The smallest absolute Gasteiger partial charge is 0.408 e. The summed E-state index contributed by atoms with van der Waals surface area (Å²) in [5.41, 5.74) is 0.00925. The van der Waals surface area contributed by atoms with Crippen LogP contribution in [0.3, 0.4) is 0 Å². The molecule has 3 aromatic rings. The van der Waals surface area contributed by atoms with Crippen molar-refractivity contribution in [1.82, 2.24) is 10.6 Å². The van der Waals surface area contributed by atoms with Gasteiger partial charge < -0.3 is 30.0 Å². The van der Waals surface area contributed by atoms with Crippen molar-refractivity contribution < 1.29 is 38.5 Å². The highest BCUT2D eigenvalue weighted by molar-refractivity contribution is 5.98. The summed E-state index contributed by atoms with van der Waals surface area (Å²) in [5, 5.41) is 16.5. The molecule has 1 heterocycles. The van der Waals surface area contributed by atoms with Gasteiger partial charge in [-0.25, -0.2) is 4.79 Å². The van der Waals surface area contributed by atoms with Crippen molar-refractivity contribution in [2.45, 2.75) is 68.9 Å². The molecular weight excluding hydrogens is 588 g/mol. The van der Waals surface area contributed by atoms with Crippen molar-refractivity contribution in [1.29, 1.82) is 0 Å². The lowest BCUT2D eigenvalue weighted by Crippen LogP contribution is -2.52. The number of epoxide rings is 1. The van der Waals surface area contributed by atoms with Gasteiger partial charge in [-0.05, 0) is 61.4 Å². The molecule has 1 saturated heterocycles. The molecule has 2 amide bonds. The summed E-state index contributed by atoms with van der Waals surface area (Å²) < 4.78 is 16.0. The zero-order chi connectivity index (χ0) is 32.7. The highest BCUT2D eigenvalue weighted by atomic mass is 16.6. The van der Waals surface area contributed by atoms with Gasteiger partial charge in [0.15, 0.2) is 11.6 Å². The SMILES string of the molecule is COc1ccc(C[C@H](CC(=O)[C@@H](NC(=O)OCc2ccccc2)C2(O)CC2)C(=O)N[C@@H](Cc2ccccc2)C(=O)[C@@]2(C)CO2)cc1. The predicted molar refractivity (Wildman–Crippen MR) is 169 cm³/mol. The number of amides is 2. The number of ether oxygens (including phenoxy) is 3. The molecule has 4 atom stereocenters. The quantitative estimate of drug-likeness (QED) is 0.204. The monoisotopic (exact) mass is 628 g/mol. The number of hydrogen-bond acceptors (Lipinski definition) is 8. The second-order valence-electron chi connectivity index (χ2n) is 12.3. The molecule has 0 spiro atoms. The van der Waals surface area contributed by atoms with E-state index in [4.69, 9.17) is 14.2 Å². The Labute approximate surface area is 268 Å². The molecule has 0 bridgehead atoms.